The molecule has 0 N–H and O–H groups in total. The predicted molar refractivity (Wildman–Crippen MR) is 103 cm³/mol. The average Bonchev–Trinajstić information content (AvgIpc) is 2.61. The van der Waals surface area contributed by atoms with Crippen LogP contribution in [0.25, 0.3) is 0 Å². The van der Waals surface area contributed by atoms with Crippen LogP contribution in [0.5, 0.6) is 0 Å². The van der Waals surface area contributed by atoms with Crippen LogP contribution in [0.4, 0.5) is 0 Å². The Morgan fingerprint density at radius 1 is 1.04 bits per heavy atom. The largest absolute Gasteiger partial charge is 0.336 e. The molecule has 0 radical (unpaired) electrons. The van der Waals surface area contributed by atoms with E-state index in [2.05, 4.69) is 0 Å². The third kappa shape index (κ3) is 4.26. The molecule has 26 heavy (non-hydrogen) atoms. The first-order valence-corrected chi connectivity index (χ1v) is 10.4. The molecule has 1 heterocycles. The molecule has 1 amide bonds. The Morgan fingerprint density at radius 3 is 2.38 bits per heavy atom. The molecule has 0 aliphatic carbocycles. The van der Waals surface area contributed by atoms with Crippen LogP contribution < -0.4 is 0 Å². The van der Waals surface area contributed by atoms with E-state index in [4.69, 9.17) is 11.6 Å². The molecular weight excluding hydrogens is 372 g/mol. The van der Waals surface area contributed by atoms with Gasteiger partial charge in [-0.25, -0.2) is 8.42 Å². The maximum Gasteiger partial charge on any atom is 0.255 e. The van der Waals surface area contributed by atoms with Crippen LogP contribution in [-0.4, -0.2) is 49.7 Å². The average molecular weight is 393 g/mol. The van der Waals surface area contributed by atoms with Crippen LogP contribution in [0.1, 0.15) is 21.5 Å². The van der Waals surface area contributed by atoms with Gasteiger partial charge in [0.15, 0.2) is 0 Å². The molecule has 2 aromatic rings. The number of aryl methyl sites for hydroxylation is 1. The van der Waals surface area contributed by atoms with Gasteiger partial charge in [-0.1, -0.05) is 53.6 Å². The van der Waals surface area contributed by atoms with E-state index >= 15 is 0 Å². The van der Waals surface area contributed by atoms with Crippen LogP contribution >= 0.6 is 11.6 Å². The molecule has 2 aromatic carbocycles. The molecule has 0 atom stereocenters. The van der Waals surface area contributed by atoms with Gasteiger partial charge < -0.3 is 4.90 Å². The fourth-order valence-electron chi connectivity index (χ4n) is 3.08. The van der Waals surface area contributed by atoms with Crippen molar-refractivity contribution in [3.8, 4) is 0 Å². The smallest absolute Gasteiger partial charge is 0.255 e. The maximum atomic E-state index is 12.7. The number of rotatable bonds is 4. The van der Waals surface area contributed by atoms with E-state index in [1.165, 1.54) is 4.31 Å². The Bertz CT molecular complexity index is 907. The summed E-state index contributed by atoms with van der Waals surface area (Å²) in [5.41, 5.74) is 2.26. The van der Waals surface area contributed by atoms with Crippen molar-refractivity contribution in [2.24, 2.45) is 0 Å². The molecule has 1 fully saturated rings. The molecule has 5 nitrogen and oxygen atoms in total. The van der Waals surface area contributed by atoms with Crippen molar-refractivity contribution in [3.05, 3.63) is 70.2 Å². The lowest BCUT2D eigenvalue weighted by molar-refractivity contribution is 0.0698. The number of hydrogen-bond donors (Lipinski definition) is 0. The Balaban J connectivity index is 1.64. The summed E-state index contributed by atoms with van der Waals surface area (Å²) >= 11 is 6.09. The fraction of sp³-hybridized carbons (Fsp3) is 0.316. The van der Waals surface area contributed by atoms with Crippen molar-refractivity contribution >= 4 is 27.5 Å². The molecule has 0 unspecified atom stereocenters. The van der Waals surface area contributed by atoms with E-state index in [0.717, 1.165) is 11.1 Å². The highest BCUT2D eigenvalue weighted by molar-refractivity contribution is 7.88. The summed E-state index contributed by atoms with van der Waals surface area (Å²) in [5, 5.41) is 0.409. The highest BCUT2D eigenvalue weighted by atomic mass is 35.5. The van der Waals surface area contributed by atoms with Gasteiger partial charge in [-0.2, -0.15) is 4.31 Å². The molecular formula is C19H21ClN2O3S. The van der Waals surface area contributed by atoms with Gasteiger partial charge in [0.25, 0.3) is 5.91 Å². The number of halogens is 1. The zero-order valence-electron chi connectivity index (χ0n) is 14.6. The number of amides is 1. The lowest BCUT2D eigenvalue weighted by Crippen LogP contribution is -2.50. The highest BCUT2D eigenvalue weighted by Gasteiger charge is 2.29. The summed E-state index contributed by atoms with van der Waals surface area (Å²) < 4.78 is 26.8. The molecule has 1 saturated heterocycles. The van der Waals surface area contributed by atoms with Gasteiger partial charge in [0.05, 0.1) is 16.3 Å². The molecule has 0 spiro atoms. The lowest BCUT2D eigenvalue weighted by Gasteiger charge is -2.34. The van der Waals surface area contributed by atoms with E-state index in [1.54, 1.807) is 29.2 Å². The van der Waals surface area contributed by atoms with Gasteiger partial charge in [0.1, 0.15) is 0 Å². The molecule has 7 heteroatoms. The maximum absolute atomic E-state index is 12.7. The molecule has 0 aromatic heterocycles. The Morgan fingerprint density at radius 2 is 1.73 bits per heavy atom. The van der Waals surface area contributed by atoms with Gasteiger partial charge in [-0.15, -0.1) is 0 Å². The zero-order valence-corrected chi connectivity index (χ0v) is 16.1. The summed E-state index contributed by atoms with van der Waals surface area (Å²) in [4.78, 5) is 14.2. The van der Waals surface area contributed by atoms with Gasteiger partial charge >= 0.3 is 0 Å². The van der Waals surface area contributed by atoms with Crippen molar-refractivity contribution < 1.29 is 13.2 Å². The summed E-state index contributed by atoms with van der Waals surface area (Å²) in [6.07, 6.45) is 0. The van der Waals surface area contributed by atoms with Crippen LogP contribution in [0.3, 0.4) is 0 Å². The summed E-state index contributed by atoms with van der Waals surface area (Å²) in [6.45, 7) is 3.25. The van der Waals surface area contributed by atoms with Gasteiger partial charge in [0, 0.05) is 26.2 Å². The number of nitrogens with zero attached hydrogens (tertiary/aromatic N) is 2. The first-order valence-electron chi connectivity index (χ1n) is 8.44. The second-order valence-corrected chi connectivity index (χ2v) is 8.79. The summed E-state index contributed by atoms with van der Waals surface area (Å²) in [5.74, 6) is -0.181. The van der Waals surface area contributed by atoms with Crippen molar-refractivity contribution in [1.82, 2.24) is 9.21 Å². The Hall–Kier alpha value is -1.89. The first kappa shape index (κ1) is 18.9. The predicted octanol–water partition coefficient (Wildman–Crippen LogP) is 2.94. The number of sulfonamides is 1. The number of piperazine rings is 1. The van der Waals surface area contributed by atoms with Gasteiger partial charge in [-0.3, -0.25) is 4.79 Å². The minimum atomic E-state index is -3.41. The van der Waals surface area contributed by atoms with Gasteiger partial charge in [0.2, 0.25) is 10.0 Å². The zero-order chi connectivity index (χ0) is 18.7. The van der Waals surface area contributed by atoms with Crippen LogP contribution in [0.15, 0.2) is 48.5 Å². The second kappa shape index (κ2) is 7.78. The Kier molecular flexibility index (Phi) is 5.65. The number of benzene rings is 2. The van der Waals surface area contributed by atoms with Crippen LogP contribution in [-0.2, 0) is 15.8 Å². The van der Waals surface area contributed by atoms with E-state index < -0.39 is 10.0 Å². The van der Waals surface area contributed by atoms with E-state index in [-0.39, 0.29) is 11.7 Å². The molecule has 1 aliphatic heterocycles. The standard InChI is InChI=1S/C19H21ClN2O3S/c1-15-5-4-6-16(13-15)14-26(24,25)22-11-9-21(10-12-22)19(23)17-7-2-3-8-18(17)20/h2-8,13H,9-12,14H2,1H3. The van der Waals surface area contributed by atoms with Gasteiger partial charge in [-0.05, 0) is 24.6 Å². The van der Waals surface area contributed by atoms with Crippen molar-refractivity contribution in [1.29, 1.82) is 0 Å². The number of carbonyl (C=O) groups is 1. The van der Waals surface area contributed by atoms with E-state index in [0.29, 0.717) is 36.8 Å². The fourth-order valence-corrected chi connectivity index (χ4v) is 4.80. The van der Waals surface area contributed by atoms with E-state index in [1.807, 2.05) is 31.2 Å². The monoisotopic (exact) mass is 392 g/mol. The Labute approximate surface area is 159 Å². The minimum Gasteiger partial charge on any atom is -0.336 e. The second-order valence-electron chi connectivity index (χ2n) is 6.42. The van der Waals surface area contributed by atoms with Crippen molar-refractivity contribution in [3.63, 3.8) is 0 Å². The lowest BCUT2D eigenvalue weighted by atomic mass is 10.2. The number of carbonyl (C=O) groups excluding carboxylic acids is 1. The van der Waals surface area contributed by atoms with Crippen LogP contribution in [0.2, 0.25) is 5.02 Å². The summed E-state index contributed by atoms with van der Waals surface area (Å²) in [6, 6.07) is 14.4. The molecule has 3 rings (SSSR count). The summed E-state index contributed by atoms with van der Waals surface area (Å²) in [7, 11) is -3.41. The molecule has 1 aliphatic rings. The molecule has 0 saturated carbocycles. The topological polar surface area (TPSA) is 57.7 Å². The highest BCUT2D eigenvalue weighted by Crippen LogP contribution is 2.20. The quantitative estimate of drug-likeness (QED) is 0.803. The first-order chi connectivity index (χ1) is 12.4. The normalized spacial score (nSPS) is 15.8. The number of hydrogen-bond acceptors (Lipinski definition) is 3. The van der Waals surface area contributed by atoms with E-state index in [9.17, 15) is 13.2 Å². The van der Waals surface area contributed by atoms with Crippen molar-refractivity contribution in [2.75, 3.05) is 26.2 Å². The SMILES string of the molecule is Cc1cccc(CS(=O)(=O)N2CCN(C(=O)c3ccccc3Cl)CC2)c1. The molecule has 138 valence electrons. The molecule has 0 bridgehead atoms. The van der Waals surface area contributed by atoms with Crippen molar-refractivity contribution in [2.45, 2.75) is 12.7 Å². The minimum absolute atomic E-state index is 0.0207. The third-order valence-corrected chi connectivity index (χ3v) is 6.63. The van der Waals surface area contributed by atoms with Crippen LogP contribution in [0, 0.1) is 6.92 Å². The third-order valence-electron chi connectivity index (χ3n) is 4.46.